The van der Waals surface area contributed by atoms with Crippen molar-refractivity contribution < 1.29 is 13.5 Å². The van der Waals surface area contributed by atoms with E-state index >= 15 is 0 Å². The Balaban J connectivity index is 2.64. The minimum Gasteiger partial charge on any atom is -0.392 e. The highest BCUT2D eigenvalue weighted by Crippen LogP contribution is 2.20. The van der Waals surface area contributed by atoms with Crippen molar-refractivity contribution in [2.75, 3.05) is 7.11 Å². The molecule has 0 saturated carbocycles. The fourth-order valence-electron chi connectivity index (χ4n) is 1.74. The van der Waals surface area contributed by atoms with E-state index in [2.05, 4.69) is 4.98 Å². The second-order valence-electron chi connectivity index (χ2n) is 3.77. The van der Waals surface area contributed by atoms with E-state index in [0.29, 0.717) is 16.9 Å². The molecule has 0 aliphatic carbocycles. The minimum absolute atomic E-state index is 0.204. The van der Waals surface area contributed by atoms with Crippen LogP contribution in [0.3, 0.4) is 0 Å². The first-order valence-corrected chi connectivity index (χ1v) is 5.55. The van der Waals surface area contributed by atoms with Gasteiger partial charge in [0, 0.05) is 19.2 Å². The van der Waals surface area contributed by atoms with E-state index in [0.717, 1.165) is 12.1 Å². The second kappa shape index (κ2) is 4.95. The summed E-state index contributed by atoms with van der Waals surface area (Å²) in [6, 6.07) is 2.12. The Morgan fingerprint density at radius 1 is 1.44 bits per heavy atom. The fourth-order valence-corrected chi connectivity index (χ4v) is 1.87. The number of fused-ring (bicyclic) bond motifs is 1. The number of rotatable bonds is 4. The van der Waals surface area contributed by atoms with E-state index < -0.39 is 11.6 Å². The van der Waals surface area contributed by atoms with Crippen LogP contribution in [0, 0.1) is 11.6 Å². The van der Waals surface area contributed by atoms with Crippen LogP contribution < -0.4 is 5.73 Å². The van der Waals surface area contributed by atoms with Crippen molar-refractivity contribution in [3.63, 3.8) is 0 Å². The number of aromatic nitrogens is 2. The van der Waals surface area contributed by atoms with Crippen LogP contribution in [0.1, 0.15) is 5.82 Å². The number of nitrogens with two attached hydrogens (primary N) is 1. The molecule has 0 bridgehead atoms. The molecule has 2 N–H and O–H groups in total. The number of imidazole rings is 1. The van der Waals surface area contributed by atoms with Gasteiger partial charge in [-0.25, -0.2) is 13.8 Å². The molecule has 0 aliphatic rings. The summed E-state index contributed by atoms with van der Waals surface area (Å²) in [7, 11) is 1.51. The summed E-state index contributed by atoms with van der Waals surface area (Å²) < 4.78 is 33.0. The summed E-state index contributed by atoms with van der Waals surface area (Å²) in [5.74, 6) is -1.35. The Morgan fingerprint density at radius 3 is 2.72 bits per heavy atom. The summed E-state index contributed by atoms with van der Waals surface area (Å²) in [6.07, 6.45) is 0. The van der Waals surface area contributed by atoms with E-state index in [-0.39, 0.29) is 18.1 Å². The molecule has 0 spiro atoms. The lowest BCUT2D eigenvalue weighted by atomic mass is 10.3. The minimum atomic E-state index is -0.938. The third-order valence-corrected chi connectivity index (χ3v) is 2.59. The highest BCUT2D eigenvalue weighted by Gasteiger charge is 2.14. The van der Waals surface area contributed by atoms with Crippen LogP contribution in [0.2, 0.25) is 0 Å². The first kappa shape index (κ1) is 12.8. The van der Waals surface area contributed by atoms with Crippen molar-refractivity contribution in [2.45, 2.75) is 13.2 Å². The van der Waals surface area contributed by atoms with Gasteiger partial charge in [0.1, 0.15) is 12.4 Å². The van der Waals surface area contributed by atoms with Crippen LogP contribution in [-0.2, 0) is 17.9 Å². The standard InChI is InChI=1S/C11H11F2N3OS/c1-17-5-11-15-8-2-6(12)7(13)3-9(8)16(11)4-10(14)18/h2-3H,4-5H2,1H3,(H2,14,18). The van der Waals surface area contributed by atoms with Crippen molar-refractivity contribution in [3.05, 3.63) is 29.6 Å². The van der Waals surface area contributed by atoms with Crippen LogP contribution in [0.15, 0.2) is 12.1 Å². The van der Waals surface area contributed by atoms with Crippen LogP contribution in [-0.4, -0.2) is 21.6 Å². The van der Waals surface area contributed by atoms with Gasteiger partial charge >= 0.3 is 0 Å². The van der Waals surface area contributed by atoms with Gasteiger partial charge in [0.25, 0.3) is 0 Å². The average molecular weight is 271 g/mol. The monoisotopic (exact) mass is 271 g/mol. The van der Waals surface area contributed by atoms with Gasteiger partial charge < -0.3 is 15.0 Å². The van der Waals surface area contributed by atoms with Crippen LogP contribution in [0.5, 0.6) is 0 Å². The highest BCUT2D eigenvalue weighted by molar-refractivity contribution is 7.80. The number of nitrogens with zero attached hydrogens (tertiary/aromatic N) is 2. The predicted octanol–water partition coefficient (Wildman–Crippen LogP) is 1.75. The van der Waals surface area contributed by atoms with Crippen molar-refractivity contribution in [3.8, 4) is 0 Å². The average Bonchev–Trinajstić information content (AvgIpc) is 2.58. The second-order valence-corrected chi connectivity index (χ2v) is 4.29. The zero-order valence-electron chi connectivity index (χ0n) is 9.61. The van der Waals surface area contributed by atoms with Gasteiger partial charge in [-0.05, 0) is 0 Å². The Morgan fingerprint density at radius 2 is 2.11 bits per heavy atom. The lowest BCUT2D eigenvalue weighted by Crippen LogP contribution is -2.18. The fraction of sp³-hybridized carbons (Fsp3) is 0.273. The number of benzene rings is 1. The predicted molar refractivity (Wildman–Crippen MR) is 67.1 cm³/mol. The zero-order valence-corrected chi connectivity index (χ0v) is 10.4. The molecule has 0 atom stereocenters. The van der Waals surface area contributed by atoms with Gasteiger partial charge in [0.15, 0.2) is 11.6 Å². The summed E-state index contributed by atoms with van der Waals surface area (Å²) >= 11 is 4.83. The quantitative estimate of drug-likeness (QED) is 0.861. The molecule has 0 amide bonds. The number of hydrogen-bond acceptors (Lipinski definition) is 3. The molecule has 2 aromatic rings. The summed E-state index contributed by atoms with van der Waals surface area (Å²) in [5, 5.41) is 0. The summed E-state index contributed by atoms with van der Waals surface area (Å²) in [5.41, 5.74) is 6.27. The molecule has 18 heavy (non-hydrogen) atoms. The normalized spacial score (nSPS) is 11.1. The first-order chi connectivity index (χ1) is 8.52. The van der Waals surface area contributed by atoms with E-state index in [1.54, 1.807) is 4.57 Å². The van der Waals surface area contributed by atoms with E-state index in [1.807, 2.05) is 0 Å². The maximum Gasteiger partial charge on any atom is 0.161 e. The Bertz CT molecular complexity index is 612. The number of ether oxygens (including phenoxy) is 1. The lowest BCUT2D eigenvalue weighted by molar-refractivity contribution is 0.175. The van der Waals surface area contributed by atoms with E-state index in [4.69, 9.17) is 22.7 Å². The molecule has 96 valence electrons. The largest absolute Gasteiger partial charge is 0.392 e. The number of hydrogen-bond donors (Lipinski definition) is 1. The maximum absolute atomic E-state index is 13.2. The van der Waals surface area contributed by atoms with E-state index in [1.165, 1.54) is 7.11 Å². The van der Waals surface area contributed by atoms with Crippen LogP contribution in [0.4, 0.5) is 8.78 Å². The molecule has 2 rings (SSSR count). The van der Waals surface area contributed by atoms with Gasteiger partial charge in [-0.3, -0.25) is 0 Å². The Hall–Kier alpha value is -1.60. The van der Waals surface area contributed by atoms with Gasteiger partial charge in [0.2, 0.25) is 0 Å². The molecule has 0 saturated heterocycles. The number of methoxy groups -OCH3 is 1. The molecule has 1 heterocycles. The molecular weight excluding hydrogens is 260 g/mol. The topological polar surface area (TPSA) is 53.1 Å². The van der Waals surface area contributed by atoms with Gasteiger partial charge in [-0.15, -0.1) is 0 Å². The van der Waals surface area contributed by atoms with E-state index in [9.17, 15) is 8.78 Å². The van der Waals surface area contributed by atoms with Crippen LogP contribution in [0.25, 0.3) is 11.0 Å². The van der Waals surface area contributed by atoms with Crippen molar-refractivity contribution in [2.24, 2.45) is 5.73 Å². The van der Waals surface area contributed by atoms with Crippen molar-refractivity contribution in [1.82, 2.24) is 9.55 Å². The Labute approximate surface area is 107 Å². The van der Waals surface area contributed by atoms with Gasteiger partial charge in [-0.2, -0.15) is 0 Å². The summed E-state index contributed by atoms with van der Waals surface area (Å²) in [6.45, 7) is 0.413. The third kappa shape index (κ3) is 2.32. The third-order valence-electron chi connectivity index (χ3n) is 2.46. The molecule has 0 aliphatic heterocycles. The van der Waals surface area contributed by atoms with Crippen molar-refractivity contribution in [1.29, 1.82) is 0 Å². The van der Waals surface area contributed by atoms with Crippen LogP contribution >= 0.6 is 12.2 Å². The highest BCUT2D eigenvalue weighted by atomic mass is 32.1. The lowest BCUT2D eigenvalue weighted by Gasteiger charge is -2.07. The maximum atomic E-state index is 13.2. The number of halogens is 2. The molecule has 4 nitrogen and oxygen atoms in total. The molecule has 0 fully saturated rings. The molecule has 1 aromatic carbocycles. The molecule has 1 aromatic heterocycles. The Kier molecular flexibility index (Phi) is 3.53. The van der Waals surface area contributed by atoms with Gasteiger partial charge in [-0.1, -0.05) is 12.2 Å². The SMILES string of the molecule is COCc1nc2cc(F)c(F)cc2n1CC(N)=S. The molecular formula is C11H11F2N3OS. The molecule has 0 unspecified atom stereocenters. The number of thiocarbonyl (C=S) groups is 1. The summed E-state index contributed by atoms with van der Waals surface area (Å²) in [4.78, 5) is 4.41. The molecule has 0 radical (unpaired) electrons. The zero-order chi connectivity index (χ0) is 13.3. The first-order valence-electron chi connectivity index (χ1n) is 5.14. The molecule has 7 heteroatoms. The van der Waals surface area contributed by atoms with Gasteiger partial charge in [0.05, 0.1) is 22.6 Å². The van der Waals surface area contributed by atoms with Crippen molar-refractivity contribution >= 4 is 28.2 Å². The smallest absolute Gasteiger partial charge is 0.161 e.